The van der Waals surface area contributed by atoms with Crippen LogP contribution in [-0.2, 0) is 6.54 Å². The molecule has 0 N–H and O–H groups in total. The second-order valence-corrected chi connectivity index (χ2v) is 7.99. The summed E-state index contributed by atoms with van der Waals surface area (Å²) in [6.07, 6.45) is 7.46. The lowest BCUT2D eigenvalue weighted by Crippen LogP contribution is -2.25. The number of hydrogen-bond acceptors (Lipinski definition) is 3. The van der Waals surface area contributed by atoms with Crippen LogP contribution in [0, 0.1) is 5.82 Å². The molecule has 0 aromatic heterocycles. The highest BCUT2D eigenvalue weighted by molar-refractivity contribution is 6.07. The molecule has 4 heteroatoms. The summed E-state index contributed by atoms with van der Waals surface area (Å²) in [6, 6.07) is 12.9. The summed E-state index contributed by atoms with van der Waals surface area (Å²) >= 11 is 0. The number of ketones is 1. The van der Waals surface area contributed by atoms with Gasteiger partial charge in [0.05, 0.1) is 0 Å². The van der Waals surface area contributed by atoms with Crippen LogP contribution in [0.4, 0.5) is 10.1 Å². The van der Waals surface area contributed by atoms with Crippen molar-refractivity contribution >= 4 is 17.5 Å². The fourth-order valence-electron chi connectivity index (χ4n) is 3.41. The Bertz CT molecular complexity index is 837. The zero-order valence-corrected chi connectivity index (χ0v) is 18.8. The SMILES string of the molecule is CCCCN(CCCC)c1ccc(C=CC(=O)c2ccccc2CN(C)C)c(F)c1. The van der Waals surface area contributed by atoms with E-state index >= 15 is 0 Å². The van der Waals surface area contributed by atoms with Gasteiger partial charge in [-0.25, -0.2) is 4.39 Å². The number of hydrogen-bond donors (Lipinski definition) is 0. The van der Waals surface area contributed by atoms with Gasteiger partial charge < -0.3 is 9.80 Å². The molecule has 0 aliphatic heterocycles. The molecule has 0 bridgehead atoms. The van der Waals surface area contributed by atoms with E-state index in [0.717, 1.165) is 50.0 Å². The zero-order chi connectivity index (χ0) is 21.9. The van der Waals surface area contributed by atoms with E-state index in [1.807, 2.05) is 49.3 Å². The van der Waals surface area contributed by atoms with Gasteiger partial charge in [0.1, 0.15) is 5.82 Å². The van der Waals surface area contributed by atoms with Crippen molar-refractivity contribution in [2.75, 3.05) is 32.1 Å². The summed E-state index contributed by atoms with van der Waals surface area (Å²) in [5, 5.41) is 0. The molecule has 2 aromatic rings. The maximum Gasteiger partial charge on any atom is 0.186 e. The Morgan fingerprint density at radius 1 is 1.00 bits per heavy atom. The zero-order valence-electron chi connectivity index (χ0n) is 18.8. The number of halogens is 1. The van der Waals surface area contributed by atoms with Crippen molar-refractivity contribution in [2.24, 2.45) is 0 Å². The highest BCUT2D eigenvalue weighted by atomic mass is 19.1. The molecule has 0 radical (unpaired) electrons. The van der Waals surface area contributed by atoms with E-state index in [-0.39, 0.29) is 11.6 Å². The molecular weight excluding hydrogens is 375 g/mol. The van der Waals surface area contributed by atoms with E-state index in [2.05, 4.69) is 18.7 Å². The number of rotatable bonds is 12. The van der Waals surface area contributed by atoms with Crippen molar-refractivity contribution in [3.05, 3.63) is 71.0 Å². The van der Waals surface area contributed by atoms with Crippen LogP contribution in [0.2, 0.25) is 0 Å². The van der Waals surface area contributed by atoms with Crippen molar-refractivity contribution < 1.29 is 9.18 Å². The summed E-state index contributed by atoms with van der Waals surface area (Å²) in [7, 11) is 3.94. The van der Waals surface area contributed by atoms with Gasteiger partial charge in [-0.3, -0.25) is 4.79 Å². The predicted octanol–water partition coefficient (Wildman–Crippen LogP) is 6.19. The lowest BCUT2D eigenvalue weighted by Gasteiger charge is -2.25. The maximum atomic E-state index is 14.8. The fourth-order valence-corrected chi connectivity index (χ4v) is 3.41. The first-order chi connectivity index (χ1) is 14.5. The van der Waals surface area contributed by atoms with Crippen molar-refractivity contribution in [3.8, 4) is 0 Å². The molecule has 0 unspecified atom stereocenters. The molecule has 0 saturated heterocycles. The van der Waals surface area contributed by atoms with Crippen LogP contribution in [0.3, 0.4) is 0 Å². The minimum atomic E-state index is -0.295. The molecular formula is C26H35FN2O. The van der Waals surface area contributed by atoms with Crippen LogP contribution >= 0.6 is 0 Å². The Labute approximate surface area is 181 Å². The monoisotopic (exact) mass is 410 g/mol. The van der Waals surface area contributed by atoms with Gasteiger partial charge in [0.15, 0.2) is 5.78 Å². The molecule has 0 atom stereocenters. The quantitative estimate of drug-likeness (QED) is 0.308. The smallest absolute Gasteiger partial charge is 0.186 e. The van der Waals surface area contributed by atoms with Gasteiger partial charge in [0.2, 0.25) is 0 Å². The average molecular weight is 411 g/mol. The lowest BCUT2D eigenvalue weighted by molar-refractivity contribution is 0.104. The molecule has 0 amide bonds. The Kier molecular flexibility index (Phi) is 9.75. The number of benzene rings is 2. The first-order valence-corrected chi connectivity index (χ1v) is 11.0. The molecule has 2 aromatic carbocycles. The van der Waals surface area contributed by atoms with E-state index in [1.54, 1.807) is 18.2 Å². The van der Waals surface area contributed by atoms with Crippen molar-refractivity contribution in [2.45, 2.75) is 46.1 Å². The Morgan fingerprint density at radius 3 is 2.27 bits per heavy atom. The van der Waals surface area contributed by atoms with Crippen LogP contribution in [0.25, 0.3) is 6.08 Å². The second kappa shape index (κ2) is 12.3. The molecule has 0 aliphatic carbocycles. The van der Waals surface area contributed by atoms with Crippen molar-refractivity contribution in [1.82, 2.24) is 4.90 Å². The summed E-state index contributed by atoms with van der Waals surface area (Å²) < 4.78 is 14.8. The number of allylic oxidation sites excluding steroid dienone is 1. The van der Waals surface area contributed by atoms with Crippen molar-refractivity contribution in [1.29, 1.82) is 0 Å². The van der Waals surface area contributed by atoms with Crippen LogP contribution in [0.15, 0.2) is 48.5 Å². The van der Waals surface area contributed by atoms with Crippen LogP contribution in [0.5, 0.6) is 0 Å². The lowest BCUT2D eigenvalue weighted by atomic mass is 10.0. The van der Waals surface area contributed by atoms with Gasteiger partial charge >= 0.3 is 0 Å². The Balaban J connectivity index is 2.17. The molecule has 0 fully saturated rings. The summed E-state index contributed by atoms with van der Waals surface area (Å²) in [6.45, 7) is 6.89. The fraction of sp³-hybridized carbons (Fsp3) is 0.423. The number of anilines is 1. The van der Waals surface area contributed by atoms with E-state index in [4.69, 9.17) is 0 Å². The van der Waals surface area contributed by atoms with Crippen LogP contribution in [-0.4, -0.2) is 37.9 Å². The summed E-state index contributed by atoms with van der Waals surface area (Å²) in [5.74, 6) is -0.403. The number of nitrogens with zero attached hydrogens (tertiary/aromatic N) is 2. The topological polar surface area (TPSA) is 23.6 Å². The van der Waals surface area contributed by atoms with Crippen LogP contribution < -0.4 is 4.90 Å². The normalized spacial score (nSPS) is 11.4. The second-order valence-electron chi connectivity index (χ2n) is 7.99. The average Bonchev–Trinajstić information content (AvgIpc) is 2.72. The van der Waals surface area contributed by atoms with Gasteiger partial charge in [-0.1, -0.05) is 51.0 Å². The Hall–Kier alpha value is -2.46. The summed E-state index contributed by atoms with van der Waals surface area (Å²) in [5.41, 5.74) is 2.97. The van der Waals surface area contributed by atoms with Gasteiger partial charge in [-0.15, -0.1) is 0 Å². The molecule has 162 valence electrons. The molecule has 0 saturated carbocycles. The largest absolute Gasteiger partial charge is 0.371 e. The third kappa shape index (κ3) is 7.10. The van der Waals surface area contributed by atoms with Gasteiger partial charge in [0, 0.05) is 36.4 Å². The molecule has 0 spiro atoms. The number of unbranched alkanes of at least 4 members (excludes halogenated alkanes) is 2. The molecule has 30 heavy (non-hydrogen) atoms. The predicted molar refractivity (Wildman–Crippen MR) is 126 cm³/mol. The highest BCUT2D eigenvalue weighted by Crippen LogP contribution is 2.21. The third-order valence-corrected chi connectivity index (χ3v) is 5.10. The first-order valence-electron chi connectivity index (χ1n) is 11.0. The van der Waals surface area contributed by atoms with E-state index < -0.39 is 0 Å². The van der Waals surface area contributed by atoms with E-state index in [9.17, 15) is 9.18 Å². The number of carbonyl (C=O) groups is 1. The maximum absolute atomic E-state index is 14.8. The molecule has 0 aliphatic rings. The minimum Gasteiger partial charge on any atom is -0.371 e. The third-order valence-electron chi connectivity index (χ3n) is 5.10. The standard InChI is InChI=1S/C26H35FN2O/c1-5-7-17-29(18-8-6-2)23-15-13-21(25(27)19-23)14-16-26(30)24-12-10-9-11-22(24)20-28(3)4/h9-16,19H,5-8,17-18,20H2,1-4H3. The molecule has 0 heterocycles. The summed E-state index contributed by atoms with van der Waals surface area (Å²) in [4.78, 5) is 17.0. The van der Waals surface area contributed by atoms with Gasteiger partial charge in [0.25, 0.3) is 0 Å². The minimum absolute atomic E-state index is 0.108. The van der Waals surface area contributed by atoms with Gasteiger partial charge in [-0.2, -0.15) is 0 Å². The molecule has 2 rings (SSSR count). The first kappa shape index (κ1) is 23.8. The Morgan fingerprint density at radius 2 is 1.67 bits per heavy atom. The number of carbonyl (C=O) groups excluding carboxylic acids is 1. The highest BCUT2D eigenvalue weighted by Gasteiger charge is 2.11. The molecule has 3 nitrogen and oxygen atoms in total. The van der Waals surface area contributed by atoms with Crippen molar-refractivity contribution in [3.63, 3.8) is 0 Å². The van der Waals surface area contributed by atoms with Gasteiger partial charge in [-0.05, 0) is 62.9 Å². The van der Waals surface area contributed by atoms with E-state index in [1.165, 1.54) is 6.08 Å². The van der Waals surface area contributed by atoms with Crippen LogP contribution in [0.1, 0.15) is 61.0 Å². The van der Waals surface area contributed by atoms with E-state index in [0.29, 0.717) is 17.7 Å².